The molecular formula is C15H25NO2. The Hall–Kier alpha value is -1.51. The quantitative estimate of drug-likeness (QED) is 0.722. The Morgan fingerprint density at radius 2 is 1.39 bits per heavy atom. The van der Waals surface area contributed by atoms with Gasteiger partial charge in [0.05, 0.1) is 0 Å². The molecule has 1 saturated carbocycles. The van der Waals surface area contributed by atoms with Crippen LogP contribution in [0.25, 0.3) is 0 Å². The molecule has 0 amide bonds. The number of carbonyl (C=O) groups excluding carboxylic acids is 1. The second-order valence-electron chi connectivity index (χ2n) is 5.01. The van der Waals surface area contributed by atoms with Crippen LogP contribution in [-0.2, 0) is 9.53 Å². The highest BCUT2D eigenvalue weighted by Gasteiger charge is 2.07. The number of hydrogen-bond donors (Lipinski definition) is 1. The van der Waals surface area contributed by atoms with Gasteiger partial charge in [-0.15, -0.1) is 0 Å². The highest BCUT2D eigenvalue weighted by molar-refractivity contribution is 5.37. The van der Waals surface area contributed by atoms with Gasteiger partial charge in [-0.25, -0.2) is 0 Å². The lowest BCUT2D eigenvalue weighted by Crippen LogP contribution is -2.17. The molecule has 1 N–H and O–H groups in total. The fourth-order valence-corrected chi connectivity index (χ4v) is 0.800. The lowest BCUT2D eigenvalue weighted by Gasteiger charge is -2.14. The van der Waals surface area contributed by atoms with Crippen molar-refractivity contribution in [3.05, 3.63) is 36.7 Å². The zero-order valence-corrected chi connectivity index (χ0v) is 11.7. The summed E-state index contributed by atoms with van der Waals surface area (Å²) in [5.41, 5.74) is -0.318. The van der Waals surface area contributed by atoms with Gasteiger partial charge in [0.2, 0.25) is 0 Å². The van der Waals surface area contributed by atoms with Gasteiger partial charge in [0, 0.05) is 12.4 Å². The summed E-state index contributed by atoms with van der Waals surface area (Å²) < 4.78 is 4.55. The van der Waals surface area contributed by atoms with E-state index in [2.05, 4.69) is 10.1 Å². The second kappa shape index (κ2) is 10.6. The minimum absolute atomic E-state index is 0.318. The third-order valence-corrected chi connectivity index (χ3v) is 2.12. The minimum atomic E-state index is -0.318. The fraction of sp³-hybridized carbons (Fsp3) is 0.533. The average molecular weight is 251 g/mol. The van der Waals surface area contributed by atoms with E-state index >= 15 is 0 Å². The first-order valence-electron chi connectivity index (χ1n) is 6.42. The molecule has 0 aromatic carbocycles. The molecule has 0 atom stereocenters. The molecule has 3 heteroatoms. The van der Waals surface area contributed by atoms with E-state index in [1.54, 1.807) is 0 Å². The van der Waals surface area contributed by atoms with Crippen molar-refractivity contribution in [1.29, 1.82) is 0 Å². The number of rotatable bonds is 1. The summed E-state index contributed by atoms with van der Waals surface area (Å²) in [4.78, 5) is 9.60. The molecule has 2 rings (SSSR count). The summed E-state index contributed by atoms with van der Waals surface area (Å²) in [6.45, 7) is 5.92. The molecule has 102 valence electrons. The highest BCUT2D eigenvalue weighted by atomic mass is 16.5. The summed E-state index contributed by atoms with van der Waals surface area (Å²) in [7, 11) is 0. The van der Waals surface area contributed by atoms with Crippen molar-refractivity contribution in [3.8, 4) is 0 Å². The van der Waals surface area contributed by atoms with Crippen LogP contribution in [0.3, 0.4) is 0 Å². The molecule has 0 aromatic rings. The van der Waals surface area contributed by atoms with Crippen LogP contribution >= 0.6 is 0 Å². The number of allylic oxidation sites excluding steroid dienone is 4. The molecule has 0 aromatic heterocycles. The number of carbonyl (C=O) groups is 1. The van der Waals surface area contributed by atoms with Gasteiger partial charge in [0.25, 0.3) is 6.47 Å². The molecule has 2 aliphatic rings. The predicted octanol–water partition coefficient (Wildman–Crippen LogP) is 3.69. The first-order chi connectivity index (χ1) is 8.56. The Balaban J connectivity index is 0.000000249. The smallest absolute Gasteiger partial charge is 0.293 e. The van der Waals surface area contributed by atoms with E-state index in [0.29, 0.717) is 6.47 Å². The standard InChI is InChI=1S/C6H7N.C5H10O2.C4H8/c1-2-4-6-7-5-3-1;1-5(2,3)7-4-6;1-2-4-3-1/h1-7H;4H,1-3H3;1-4H2. The summed E-state index contributed by atoms with van der Waals surface area (Å²) in [6, 6.07) is 0. The SMILES string of the molecule is C1=CC=CNC=C1.C1CCC1.CC(C)(C)OC=O. The van der Waals surface area contributed by atoms with Gasteiger partial charge < -0.3 is 10.1 Å². The molecule has 1 aliphatic heterocycles. The highest BCUT2D eigenvalue weighted by Crippen LogP contribution is 2.15. The molecule has 0 spiro atoms. The summed E-state index contributed by atoms with van der Waals surface area (Å²) >= 11 is 0. The molecule has 1 fully saturated rings. The third-order valence-electron chi connectivity index (χ3n) is 2.12. The van der Waals surface area contributed by atoms with E-state index in [4.69, 9.17) is 0 Å². The zero-order chi connectivity index (χ0) is 13.7. The van der Waals surface area contributed by atoms with Crippen LogP contribution in [0, 0.1) is 0 Å². The first-order valence-corrected chi connectivity index (χ1v) is 6.42. The van der Waals surface area contributed by atoms with Crippen LogP contribution in [0.1, 0.15) is 46.5 Å². The molecule has 1 heterocycles. The molecule has 3 nitrogen and oxygen atoms in total. The van der Waals surface area contributed by atoms with E-state index in [9.17, 15) is 4.79 Å². The Labute approximate surface area is 111 Å². The van der Waals surface area contributed by atoms with Crippen molar-refractivity contribution < 1.29 is 9.53 Å². The maximum atomic E-state index is 9.60. The van der Waals surface area contributed by atoms with Gasteiger partial charge in [-0.1, -0.05) is 37.8 Å². The third kappa shape index (κ3) is 14.5. The lowest BCUT2D eigenvalue weighted by atomic mass is 10.0. The van der Waals surface area contributed by atoms with Crippen molar-refractivity contribution in [2.75, 3.05) is 0 Å². The van der Waals surface area contributed by atoms with Crippen molar-refractivity contribution in [2.45, 2.75) is 52.1 Å². The van der Waals surface area contributed by atoms with Gasteiger partial charge in [-0.3, -0.25) is 4.79 Å². The van der Waals surface area contributed by atoms with E-state index in [1.165, 1.54) is 25.7 Å². The monoisotopic (exact) mass is 251 g/mol. The lowest BCUT2D eigenvalue weighted by molar-refractivity contribution is -0.138. The van der Waals surface area contributed by atoms with Crippen molar-refractivity contribution in [3.63, 3.8) is 0 Å². The van der Waals surface area contributed by atoms with E-state index in [1.807, 2.05) is 57.5 Å². The van der Waals surface area contributed by atoms with Crippen molar-refractivity contribution in [2.24, 2.45) is 0 Å². The number of nitrogens with one attached hydrogen (secondary N) is 1. The normalized spacial score (nSPS) is 15.7. The molecular weight excluding hydrogens is 226 g/mol. The van der Waals surface area contributed by atoms with Gasteiger partial charge in [-0.05, 0) is 32.9 Å². The first kappa shape index (κ1) is 16.5. The zero-order valence-electron chi connectivity index (χ0n) is 11.7. The number of ether oxygens (including phenoxy) is 1. The van der Waals surface area contributed by atoms with Gasteiger partial charge >= 0.3 is 0 Å². The van der Waals surface area contributed by atoms with Crippen molar-refractivity contribution >= 4 is 6.47 Å². The molecule has 0 bridgehead atoms. The Morgan fingerprint density at radius 1 is 0.944 bits per heavy atom. The topological polar surface area (TPSA) is 38.3 Å². The second-order valence-corrected chi connectivity index (χ2v) is 5.01. The average Bonchev–Trinajstić information content (AvgIpc) is 2.44. The molecule has 1 aliphatic carbocycles. The molecule has 18 heavy (non-hydrogen) atoms. The minimum Gasteiger partial charge on any atom is -0.462 e. The van der Waals surface area contributed by atoms with Gasteiger partial charge in [-0.2, -0.15) is 0 Å². The Bertz CT molecular complexity index is 263. The Kier molecular flexibility index (Phi) is 9.74. The molecule has 0 unspecified atom stereocenters. The maximum absolute atomic E-state index is 9.60. The van der Waals surface area contributed by atoms with E-state index in [-0.39, 0.29) is 5.60 Å². The Morgan fingerprint density at radius 3 is 1.61 bits per heavy atom. The van der Waals surface area contributed by atoms with Crippen LogP contribution in [0.15, 0.2) is 36.7 Å². The summed E-state index contributed by atoms with van der Waals surface area (Å²) in [5, 5.41) is 2.92. The largest absolute Gasteiger partial charge is 0.462 e. The van der Waals surface area contributed by atoms with Crippen molar-refractivity contribution in [1.82, 2.24) is 5.32 Å². The van der Waals surface area contributed by atoms with Gasteiger partial charge in [0.1, 0.15) is 5.60 Å². The van der Waals surface area contributed by atoms with E-state index < -0.39 is 0 Å². The maximum Gasteiger partial charge on any atom is 0.293 e. The predicted molar refractivity (Wildman–Crippen MR) is 75.9 cm³/mol. The van der Waals surface area contributed by atoms with Gasteiger partial charge in [0.15, 0.2) is 0 Å². The van der Waals surface area contributed by atoms with Crippen LogP contribution in [0.5, 0.6) is 0 Å². The summed E-state index contributed by atoms with van der Waals surface area (Å²) in [5.74, 6) is 0. The molecule has 0 saturated heterocycles. The van der Waals surface area contributed by atoms with Crippen LogP contribution in [0.4, 0.5) is 0 Å². The fourth-order valence-electron chi connectivity index (χ4n) is 0.800. The molecule has 0 radical (unpaired) electrons. The van der Waals surface area contributed by atoms with Crippen LogP contribution in [-0.4, -0.2) is 12.1 Å². The van der Waals surface area contributed by atoms with Crippen LogP contribution in [0.2, 0.25) is 0 Å². The summed E-state index contributed by atoms with van der Waals surface area (Å²) in [6.07, 6.45) is 17.6. The number of hydrogen-bond acceptors (Lipinski definition) is 3. The van der Waals surface area contributed by atoms with E-state index in [0.717, 1.165) is 0 Å². The van der Waals surface area contributed by atoms with Crippen LogP contribution < -0.4 is 5.32 Å².